The van der Waals surface area contributed by atoms with E-state index in [2.05, 4.69) is 0 Å². The van der Waals surface area contributed by atoms with E-state index in [4.69, 9.17) is 10.5 Å². The van der Waals surface area contributed by atoms with Crippen molar-refractivity contribution in [3.63, 3.8) is 0 Å². The molecule has 0 bridgehead atoms. The van der Waals surface area contributed by atoms with Crippen molar-refractivity contribution in [2.45, 2.75) is 18.6 Å². The monoisotopic (exact) mass is 277 g/mol. The van der Waals surface area contributed by atoms with Crippen LogP contribution in [0, 0.1) is 11.6 Å². The van der Waals surface area contributed by atoms with Gasteiger partial charge in [0.05, 0.1) is 0 Å². The predicted octanol–water partition coefficient (Wildman–Crippen LogP) is 3.19. The molecule has 0 radical (unpaired) electrons. The molecular weight excluding hydrogens is 264 g/mol. The van der Waals surface area contributed by atoms with Crippen LogP contribution < -0.4 is 10.5 Å². The average molecular weight is 277 g/mol. The number of aromatic hydroxyl groups is 1. The van der Waals surface area contributed by atoms with E-state index in [1.165, 1.54) is 30.3 Å². The number of phenolic OH excluding ortho intramolecular Hbond substituents is 1. The van der Waals surface area contributed by atoms with Crippen LogP contribution >= 0.6 is 0 Å². The Bertz CT molecular complexity index is 660. The summed E-state index contributed by atoms with van der Waals surface area (Å²) in [5, 5.41) is 9.20. The maximum atomic E-state index is 13.4. The molecule has 0 saturated carbocycles. The lowest BCUT2D eigenvalue weighted by atomic mass is 9.93. The first-order valence-corrected chi connectivity index (χ1v) is 6.24. The third kappa shape index (κ3) is 2.20. The zero-order valence-electron chi connectivity index (χ0n) is 10.5. The fourth-order valence-electron chi connectivity index (χ4n) is 2.40. The van der Waals surface area contributed by atoms with E-state index in [0.717, 1.165) is 0 Å². The number of rotatable bonds is 1. The van der Waals surface area contributed by atoms with Gasteiger partial charge in [-0.15, -0.1) is 0 Å². The molecule has 1 aliphatic heterocycles. The smallest absolute Gasteiger partial charge is 0.165 e. The van der Waals surface area contributed by atoms with Crippen LogP contribution in [0.1, 0.15) is 29.7 Å². The minimum atomic E-state index is -0.704. The molecule has 2 unspecified atom stereocenters. The van der Waals surface area contributed by atoms with Crippen molar-refractivity contribution in [1.82, 2.24) is 0 Å². The summed E-state index contributed by atoms with van der Waals surface area (Å²) in [6.45, 7) is 0. The molecule has 3 rings (SSSR count). The van der Waals surface area contributed by atoms with E-state index < -0.39 is 17.7 Å². The SMILES string of the molecule is NC1CC(c2ccc(O)c(F)c2)Oc2ccc(F)cc21. The first-order chi connectivity index (χ1) is 9.54. The van der Waals surface area contributed by atoms with Crippen LogP contribution in [0.4, 0.5) is 8.78 Å². The van der Waals surface area contributed by atoms with Gasteiger partial charge in [-0.2, -0.15) is 0 Å². The third-order valence-corrected chi connectivity index (χ3v) is 3.45. The summed E-state index contributed by atoms with van der Waals surface area (Å²) >= 11 is 0. The Hall–Kier alpha value is -2.14. The van der Waals surface area contributed by atoms with Gasteiger partial charge in [-0.1, -0.05) is 6.07 Å². The van der Waals surface area contributed by atoms with Crippen LogP contribution in [0.25, 0.3) is 0 Å². The number of hydrogen-bond acceptors (Lipinski definition) is 3. The molecule has 104 valence electrons. The summed E-state index contributed by atoms with van der Waals surface area (Å²) in [4.78, 5) is 0. The van der Waals surface area contributed by atoms with Gasteiger partial charge in [-0.25, -0.2) is 8.78 Å². The Morgan fingerprint density at radius 2 is 1.95 bits per heavy atom. The van der Waals surface area contributed by atoms with E-state index in [-0.39, 0.29) is 11.9 Å². The molecule has 3 nitrogen and oxygen atoms in total. The van der Waals surface area contributed by atoms with Crippen LogP contribution in [0.3, 0.4) is 0 Å². The predicted molar refractivity (Wildman–Crippen MR) is 69.4 cm³/mol. The van der Waals surface area contributed by atoms with Crippen molar-refractivity contribution in [2.75, 3.05) is 0 Å². The number of nitrogens with two attached hydrogens (primary N) is 1. The van der Waals surface area contributed by atoms with E-state index in [0.29, 0.717) is 23.3 Å². The van der Waals surface area contributed by atoms with Gasteiger partial charge in [0.15, 0.2) is 11.6 Å². The van der Waals surface area contributed by atoms with E-state index in [1.54, 1.807) is 6.07 Å². The summed E-state index contributed by atoms with van der Waals surface area (Å²) in [7, 11) is 0. The molecule has 0 spiro atoms. The third-order valence-electron chi connectivity index (χ3n) is 3.45. The lowest BCUT2D eigenvalue weighted by Gasteiger charge is -2.30. The minimum Gasteiger partial charge on any atom is -0.505 e. The number of hydrogen-bond donors (Lipinski definition) is 2. The summed E-state index contributed by atoms with van der Waals surface area (Å²) in [5.41, 5.74) is 7.22. The molecule has 0 fully saturated rings. The second-order valence-corrected chi connectivity index (χ2v) is 4.84. The van der Waals surface area contributed by atoms with Gasteiger partial charge >= 0.3 is 0 Å². The average Bonchev–Trinajstić information content (AvgIpc) is 2.42. The van der Waals surface area contributed by atoms with Crippen LogP contribution in [-0.2, 0) is 0 Å². The molecule has 2 atom stereocenters. The molecule has 1 aliphatic rings. The second kappa shape index (κ2) is 4.76. The zero-order valence-corrected chi connectivity index (χ0v) is 10.5. The molecule has 0 saturated heterocycles. The fraction of sp³-hybridized carbons (Fsp3) is 0.200. The number of ether oxygens (including phenoxy) is 1. The maximum Gasteiger partial charge on any atom is 0.165 e. The topological polar surface area (TPSA) is 55.5 Å². The maximum absolute atomic E-state index is 13.4. The zero-order chi connectivity index (χ0) is 14.3. The Balaban J connectivity index is 1.94. The molecule has 2 aromatic carbocycles. The standard InChI is InChI=1S/C15H13F2NO2/c16-9-2-4-14-10(6-9)12(18)7-15(20-14)8-1-3-13(19)11(17)5-8/h1-6,12,15,19H,7,18H2. The van der Waals surface area contributed by atoms with Crippen molar-refractivity contribution in [3.05, 3.63) is 59.2 Å². The molecule has 0 amide bonds. The van der Waals surface area contributed by atoms with E-state index >= 15 is 0 Å². The van der Waals surface area contributed by atoms with Gasteiger partial charge < -0.3 is 15.6 Å². The number of fused-ring (bicyclic) bond motifs is 1. The molecular formula is C15H13F2NO2. The van der Waals surface area contributed by atoms with Crippen molar-refractivity contribution < 1.29 is 18.6 Å². The lowest BCUT2D eigenvalue weighted by Crippen LogP contribution is -2.24. The van der Waals surface area contributed by atoms with Crippen molar-refractivity contribution >= 4 is 0 Å². The molecule has 20 heavy (non-hydrogen) atoms. The largest absolute Gasteiger partial charge is 0.505 e. The summed E-state index contributed by atoms with van der Waals surface area (Å²) in [6, 6.07) is 7.88. The lowest BCUT2D eigenvalue weighted by molar-refractivity contribution is 0.160. The van der Waals surface area contributed by atoms with Gasteiger partial charge in [-0.05, 0) is 35.9 Å². The normalized spacial score (nSPS) is 21.1. The van der Waals surface area contributed by atoms with Crippen LogP contribution in [0.2, 0.25) is 0 Å². The van der Waals surface area contributed by atoms with Crippen LogP contribution in [0.5, 0.6) is 11.5 Å². The van der Waals surface area contributed by atoms with Crippen molar-refractivity contribution in [2.24, 2.45) is 5.73 Å². The first-order valence-electron chi connectivity index (χ1n) is 6.24. The van der Waals surface area contributed by atoms with E-state index in [9.17, 15) is 13.9 Å². The number of halogens is 2. The van der Waals surface area contributed by atoms with Gasteiger partial charge in [0.25, 0.3) is 0 Å². The molecule has 1 heterocycles. The highest BCUT2D eigenvalue weighted by atomic mass is 19.1. The van der Waals surface area contributed by atoms with Gasteiger partial charge in [0, 0.05) is 18.0 Å². The van der Waals surface area contributed by atoms with Gasteiger partial charge in [0.2, 0.25) is 0 Å². The Morgan fingerprint density at radius 3 is 2.70 bits per heavy atom. The molecule has 0 aliphatic carbocycles. The quantitative estimate of drug-likeness (QED) is 0.841. The molecule has 5 heteroatoms. The number of benzene rings is 2. The van der Waals surface area contributed by atoms with Gasteiger partial charge in [0.1, 0.15) is 17.7 Å². The highest BCUT2D eigenvalue weighted by Gasteiger charge is 2.27. The Kier molecular flexibility index (Phi) is 3.06. The Labute approximate surface area is 114 Å². The van der Waals surface area contributed by atoms with E-state index in [1.807, 2.05) is 0 Å². The fourth-order valence-corrected chi connectivity index (χ4v) is 2.40. The molecule has 0 aromatic heterocycles. The first kappa shape index (κ1) is 12.9. The van der Waals surface area contributed by atoms with Crippen LogP contribution in [-0.4, -0.2) is 5.11 Å². The van der Waals surface area contributed by atoms with Crippen molar-refractivity contribution in [1.29, 1.82) is 0 Å². The number of phenols is 1. The van der Waals surface area contributed by atoms with Gasteiger partial charge in [-0.3, -0.25) is 0 Å². The highest BCUT2D eigenvalue weighted by molar-refractivity contribution is 5.40. The minimum absolute atomic E-state index is 0.364. The second-order valence-electron chi connectivity index (χ2n) is 4.84. The van der Waals surface area contributed by atoms with Crippen molar-refractivity contribution in [3.8, 4) is 11.5 Å². The summed E-state index contributed by atoms with van der Waals surface area (Å²) < 4.78 is 32.3. The molecule has 2 aromatic rings. The highest BCUT2D eigenvalue weighted by Crippen LogP contribution is 2.40. The summed E-state index contributed by atoms with van der Waals surface area (Å²) in [5.74, 6) is -0.971. The Morgan fingerprint density at radius 1 is 1.15 bits per heavy atom. The molecule has 3 N–H and O–H groups in total. The van der Waals surface area contributed by atoms with Crippen LogP contribution in [0.15, 0.2) is 36.4 Å². The summed E-state index contributed by atoms with van der Waals surface area (Å²) in [6.07, 6.45) is -0.00113.